The second-order valence-electron chi connectivity index (χ2n) is 30.2. The van der Waals surface area contributed by atoms with Gasteiger partial charge in [0, 0.05) is 0 Å². The number of nitrogens with zero attached hydrogens (tertiary/aromatic N) is 24. The molecule has 0 saturated carbocycles. The smallest absolute Gasteiger partial charge is 0.386 e. The first-order valence-electron chi connectivity index (χ1n) is 38.7. The molecule has 0 radical (unpaired) electrons. The van der Waals surface area contributed by atoms with Crippen molar-refractivity contribution in [1.29, 1.82) is 0 Å². The van der Waals surface area contributed by atoms with Gasteiger partial charge >= 0.3 is 40.4 Å². The van der Waals surface area contributed by atoms with Gasteiger partial charge in [-0.05, 0) is 79.8 Å². The van der Waals surface area contributed by atoms with E-state index >= 15 is 22.0 Å². The molecule has 0 aliphatic carbocycles. The number of hydrogen-bond acceptors (Lipinski definition) is 46. The van der Waals surface area contributed by atoms with Crippen molar-refractivity contribution >= 4 is 196 Å². The van der Waals surface area contributed by atoms with Crippen molar-refractivity contribution in [2.24, 2.45) is 0 Å². The number of aliphatic hydroxyl groups is 1. The van der Waals surface area contributed by atoms with E-state index in [1.807, 2.05) is 0 Å². The lowest BCUT2D eigenvalue weighted by Gasteiger charge is -2.30. The maximum Gasteiger partial charge on any atom is 0.386 e. The highest BCUT2D eigenvalue weighted by Crippen LogP contribution is 2.61. The first kappa shape index (κ1) is 94.2. The standard InChI is InChI=1S/2C21H23F2N9O8P2S2.C21H24FN9O9P2S2/c2*1-8-13-18(27-4-25-8)31(6-29-13)20-11(22)15-9(37-20)2-35-42(34,44)40-16-10(3-36-41(33,43)39-15)38-21(12(16)23)32-7-30-14-17(24)26-5-28-19(14)32;1-8-12-18(26-4-24-8)31(6-28-12)21-14(32)16-10(38-21)3-36-41(33,43)39-15-9(2-35-42(34,44)40-16)37-20(11(15)22)30-7-29-13-17(23)25-5-27-19(13)30/h2*4-7,9-12,15-16,20-21H,2-3H2,1H3,(H,33,43)(H,34,44)(H2,24,26,28);4-7,9-11,14-16,20-21,32H,2-3H2,1H3,(H,33,43)(H,34,44)(H2,23,25,27)/t2*9-,10-,11-,12-,15-,16-,20-,21-,41?,42?;9-,10-,11-,14-,15-,16-,20-,21-,41?,42?/m111/s1. The van der Waals surface area contributed by atoms with Crippen LogP contribution in [0.1, 0.15) is 54.4 Å². The van der Waals surface area contributed by atoms with Crippen LogP contribution in [0.3, 0.4) is 0 Å². The molecule has 9 aliphatic rings. The number of alkyl halides is 5. The number of aromatic nitrogens is 24. The monoisotopic (exact) mass is 2080 g/mol. The second-order valence-corrected chi connectivity index (χ2v) is 47.0. The lowest BCUT2D eigenvalue weighted by Crippen LogP contribution is -2.38. The van der Waals surface area contributed by atoms with Gasteiger partial charge in [-0.3, -0.25) is 59.1 Å². The predicted octanol–water partition coefficient (Wildman–Crippen LogP) is 3.68. The van der Waals surface area contributed by atoms with Gasteiger partial charge in [0.2, 0.25) is 0 Å². The van der Waals surface area contributed by atoms with Crippen LogP contribution in [0.5, 0.6) is 0 Å². The molecule has 21 rings (SSSR count). The molecular formula is C63H70F5N27O25P6S6. The summed E-state index contributed by atoms with van der Waals surface area (Å²) in [6, 6.07) is 0. The highest BCUT2D eigenvalue weighted by molar-refractivity contribution is 8.44. The van der Waals surface area contributed by atoms with Gasteiger partial charge in [0.05, 0.1) is 94.7 Å². The van der Waals surface area contributed by atoms with Gasteiger partial charge in [-0.25, -0.2) is 116 Å². The Morgan fingerprint density at radius 1 is 0.318 bits per heavy atom. The van der Waals surface area contributed by atoms with Crippen molar-refractivity contribution in [3.05, 3.63) is 93.0 Å². The predicted molar refractivity (Wildman–Crippen MR) is 457 cm³/mol. The number of ether oxygens (including phenoxy) is 6. The molecule has 69 heteroatoms. The first-order chi connectivity index (χ1) is 62.8. The Labute approximate surface area is 765 Å². The van der Waals surface area contributed by atoms with Crippen LogP contribution in [0.25, 0.3) is 67.0 Å². The summed E-state index contributed by atoms with van der Waals surface area (Å²) in [5.41, 5.74) is 22.6. The van der Waals surface area contributed by atoms with Crippen LogP contribution >= 0.6 is 52.6 Å². The quantitative estimate of drug-likeness (QED) is 0.0645. The van der Waals surface area contributed by atoms with Crippen molar-refractivity contribution in [1.82, 2.24) is 117 Å². The van der Waals surface area contributed by atoms with E-state index in [-0.39, 0.29) is 62.2 Å². The van der Waals surface area contributed by atoms with E-state index in [1.54, 1.807) is 20.8 Å². The van der Waals surface area contributed by atoms with Gasteiger partial charge in [0.15, 0.2) is 120 Å². The van der Waals surface area contributed by atoms with E-state index in [1.165, 1.54) is 103 Å². The lowest BCUT2D eigenvalue weighted by molar-refractivity contribution is -0.0589. The molecule has 9 aliphatic heterocycles. The molecule has 0 aromatic carbocycles. The summed E-state index contributed by atoms with van der Waals surface area (Å²) in [4.78, 5) is 129. The molecule has 9 saturated heterocycles. The van der Waals surface area contributed by atoms with E-state index in [0.29, 0.717) is 39.3 Å². The summed E-state index contributed by atoms with van der Waals surface area (Å²) in [6.45, 7) is -23.6. The molecule has 708 valence electrons. The highest BCUT2D eigenvalue weighted by atomic mass is 32.7. The molecule has 6 unspecified atom stereocenters. The fourth-order valence-electron chi connectivity index (χ4n) is 15.8. The number of nitrogen functional groups attached to an aromatic ring is 3. The summed E-state index contributed by atoms with van der Waals surface area (Å²) in [5, 5.41) is 11.3. The van der Waals surface area contributed by atoms with Gasteiger partial charge in [-0.15, -0.1) is 0 Å². The van der Waals surface area contributed by atoms with E-state index in [4.69, 9.17) is 159 Å². The van der Waals surface area contributed by atoms with Crippen LogP contribution in [0.4, 0.5) is 39.4 Å². The highest BCUT2D eigenvalue weighted by Gasteiger charge is 2.59. The summed E-state index contributed by atoms with van der Waals surface area (Å²) in [6.07, 6.45) is -20.9. The average molecular weight is 2080 g/mol. The van der Waals surface area contributed by atoms with Gasteiger partial charge in [0.25, 0.3) is 0 Å². The third-order valence-electron chi connectivity index (χ3n) is 22.0. The van der Waals surface area contributed by atoms with Crippen LogP contribution in [0, 0.1) is 20.8 Å². The average Bonchev–Trinajstić information content (AvgIpc) is 1.62. The number of hydrogen-bond donors (Lipinski definition) is 10. The number of imidazole rings is 6. The lowest BCUT2D eigenvalue weighted by atomic mass is 10.1. The molecular weight excluding hydrogens is 2010 g/mol. The minimum Gasteiger partial charge on any atom is -0.386 e. The number of aliphatic hydroxyl groups excluding tert-OH is 1. The minimum atomic E-state index is -4.36. The molecule has 52 nitrogen and oxygen atoms in total. The third kappa shape index (κ3) is 18.3. The number of anilines is 3. The summed E-state index contributed by atoms with van der Waals surface area (Å²) < 4.78 is 203. The van der Waals surface area contributed by atoms with E-state index in [2.05, 4.69) is 102 Å². The fourth-order valence-corrected chi connectivity index (χ4v) is 24.5. The molecule has 30 atom stereocenters. The minimum absolute atomic E-state index is 0.0615. The van der Waals surface area contributed by atoms with Crippen LogP contribution in [0.2, 0.25) is 0 Å². The molecule has 12 aromatic heterocycles. The van der Waals surface area contributed by atoms with Crippen molar-refractivity contribution in [3.8, 4) is 0 Å². The Morgan fingerprint density at radius 3 is 0.795 bits per heavy atom. The van der Waals surface area contributed by atoms with Crippen molar-refractivity contribution in [3.63, 3.8) is 0 Å². The largest absolute Gasteiger partial charge is 0.386 e. The van der Waals surface area contributed by atoms with Crippen LogP contribution in [-0.4, -0.2) is 297 Å². The SMILES string of the molecule is Cc1ncnc2c1ncn2[C@@H]1O[C@@H]2COP(O)(=S)O[C@H]3[C@@H](F)[C@H](n4cnc5c(N)ncnc54)O[C@@H]3COP(=O)(S)O[C@H]2[C@H]1F.Cc1ncnc2c1ncn2[C@@H]1O[C@@H]2COP(O)(=S)O[C@H]3[C@@H](F)[C@H](n4cnc5c(N)ncnc54)O[C@@H]3COP(O)(=S)O[C@H]2[C@H]1F.Cc1ncnc2c1ncn2[C@@H]1O[C@@H]2COP(O)(=S)O[C@H]3[C@@H](F)[C@H](n4cnc5c(N)ncnc54)O[C@@H]3COP(O)(=S)O[C@H]2[C@H]1O. The van der Waals surface area contributed by atoms with E-state index in [9.17, 15) is 34.1 Å². The fraction of sp³-hybridized carbons (Fsp3) is 0.524. The van der Waals surface area contributed by atoms with Gasteiger partial charge in [-0.1, -0.05) is 12.2 Å². The number of fused-ring (bicyclic) bond motifs is 12. The Kier molecular flexibility index (Phi) is 26.1. The molecule has 12 aromatic rings. The van der Waals surface area contributed by atoms with Crippen molar-refractivity contribution in [2.75, 3.05) is 56.8 Å². The van der Waals surface area contributed by atoms with Gasteiger partial charge < -0.3 is 97.8 Å². The van der Waals surface area contributed by atoms with E-state index in [0.717, 1.165) is 0 Å². The summed E-state index contributed by atoms with van der Waals surface area (Å²) >= 11 is 30.0. The van der Waals surface area contributed by atoms with E-state index < -0.39 is 228 Å². The van der Waals surface area contributed by atoms with Crippen LogP contribution in [-0.2, 0) is 146 Å². The van der Waals surface area contributed by atoms with Gasteiger partial charge in [0.1, 0.15) is 150 Å². The Morgan fingerprint density at radius 2 is 0.523 bits per heavy atom. The third-order valence-corrected chi connectivity index (χ3v) is 31.4. The number of aryl methyl sites for hydroxylation is 3. The van der Waals surface area contributed by atoms with Crippen LogP contribution < -0.4 is 17.2 Å². The Hall–Kier alpha value is -6.78. The molecule has 0 bridgehead atoms. The zero-order chi connectivity index (χ0) is 92.9. The normalized spacial score (nSPS) is 38.3. The van der Waals surface area contributed by atoms with Gasteiger partial charge in [-0.2, -0.15) is 0 Å². The zero-order valence-electron chi connectivity index (χ0n) is 67.0. The molecule has 132 heavy (non-hydrogen) atoms. The van der Waals surface area contributed by atoms with Crippen molar-refractivity contribution < 1.29 is 139 Å². The topological polar surface area (TPSA) is 644 Å². The second kappa shape index (κ2) is 36.5. The zero-order valence-corrected chi connectivity index (χ0v) is 77.3. The molecule has 9 fully saturated rings. The number of halogens is 5. The molecule has 21 heterocycles. The van der Waals surface area contributed by atoms with Crippen molar-refractivity contribution in [2.45, 2.75) is 168 Å². The van der Waals surface area contributed by atoms with Crippen LogP contribution in [0.15, 0.2) is 75.9 Å². The number of rotatable bonds is 6. The summed E-state index contributed by atoms with van der Waals surface area (Å²) in [7, 11) is 0. The maximum absolute atomic E-state index is 16.0. The molecule has 0 spiro atoms. The number of nitrogens with two attached hydrogens (primary N) is 3. The number of thiol groups is 1. The maximum atomic E-state index is 16.0. The Bertz CT molecular complexity index is 5740. The molecule has 12 N–H and O–H groups in total. The first-order valence-corrected chi connectivity index (χ1v) is 54.4. The molecule has 0 amide bonds. The Balaban J connectivity index is 0.000000128. The summed E-state index contributed by atoms with van der Waals surface area (Å²) in [5.74, 6) is 0.204.